The monoisotopic (exact) mass is 690 g/mol. The molecule has 3 aliphatic rings. The predicted octanol–water partition coefficient (Wildman–Crippen LogP) is 5.93. The van der Waals surface area contributed by atoms with E-state index in [0.717, 1.165) is 29.5 Å². The Morgan fingerprint density at radius 2 is 1.33 bits per heavy atom. The molecular formula is C42H50N4O5. The summed E-state index contributed by atoms with van der Waals surface area (Å²) in [5.41, 5.74) is 1.63. The summed E-state index contributed by atoms with van der Waals surface area (Å²) in [6, 6.07) is 28.9. The lowest BCUT2D eigenvalue weighted by Crippen LogP contribution is -2.54. The summed E-state index contributed by atoms with van der Waals surface area (Å²) in [7, 11) is 0. The Bertz CT molecular complexity index is 1610. The number of amides is 4. The Kier molecular flexibility index (Phi) is 10.9. The lowest BCUT2D eigenvalue weighted by atomic mass is 9.67. The van der Waals surface area contributed by atoms with Gasteiger partial charge >= 0.3 is 6.09 Å². The summed E-state index contributed by atoms with van der Waals surface area (Å²) in [6.45, 7) is 7.91. The molecule has 3 aromatic rings. The molecule has 0 spiro atoms. The van der Waals surface area contributed by atoms with Crippen molar-refractivity contribution in [3.8, 4) is 0 Å². The number of rotatable bonds is 9. The number of hydrogen-bond acceptors (Lipinski definition) is 5. The van der Waals surface area contributed by atoms with Crippen molar-refractivity contribution in [3.63, 3.8) is 0 Å². The molecule has 0 radical (unpaired) electrons. The molecule has 1 N–H and O–H groups in total. The van der Waals surface area contributed by atoms with Gasteiger partial charge in [0.2, 0.25) is 17.7 Å². The minimum absolute atomic E-state index is 0.103. The van der Waals surface area contributed by atoms with Crippen LogP contribution < -0.4 is 5.32 Å². The van der Waals surface area contributed by atoms with Gasteiger partial charge in [-0.25, -0.2) is 4.79 Å². The Hall–Kier alpha value is -4.92. The van der Waals surface area contributed by atoms with Gasteiger partial charge in [0.15, 0.2) is 0 Å². The third-order valence-electron chi connectivity index (χ3n) is 10.3. The highest BCUT2D eigenvalue weighted by Crippen LogP contribution is 2.43. The van der Waals surface area contributed by atoms with Crippen LogP contribution in [0.2, 0.25) is 0 Å². The zero-order valence-corrected chi connectivity index (χ0v) is 30.0. The summed E-state index contributed by atoms with van der Waals surface area (Å²) >= 11 is 0. The zero-order chi connectivity index (χ0) is 36.0. The number of nitrogens with zero attached hydrogens (tertiary/aromatic N) is 3. The number of nitrogens with one attached hydrogen (secondary N) is 1. The quantitative estimate of drug-likeness (QED) is 0.222. The van der Waals surface area contributed by atoms with Gasteiger partial charge in [-0.1, -0.05) is 103 Å². The van der Waals surface area contributed by atoms with Crippen LogP contribution in [-0.4, -0.2) is 88.9 Å². The average Bonchev–Trinajstić information content (AvgIpc) is 3.84. The Morgan fingerprint density at radius 3 is 1.90 bits per heavy atom. The maximum atomic E-state index is 14.6. The molecule has 2 saturated heterocycles. The minimum Gasteiger partial charge on any atom is -0.444 e. The second-order valence-corrected chi connectivity index (χ2v) is 15.0. The van der Waals surface area contributed by atoms with E-state index in [2.05, 4.69) is 41.7 Å². The van der Waals surface area contributed by atoms with Crippen LogP contribution in [0.25, 0.3) is 0 Å². The van der Waals surface area contributed by atoms with Crippen molar-refractivity contribution in [2.24, 2.45) is 5.92 Å². The molecule has 0 saturated carbocycles. The summed E-state index contributed by atoms with van der Waals surface area (Å²) in [4.78, 5) is 60.1. The number of carbonyl (C=O) groups excluding carboxylic acids is 4. The lowest BCUT2D eigenvalue weighted by molar-refractivity contribution is -0.145. The smallest absolute Gasteiger partial charge is 0.410 e. The highest BCUT2D eigenvalue weighted by molar-refractivity contribution is 5.94. The van der Waals surface area contributed by atoms with Gasteiger partial charge < -0.3 is 24.8 Å². The fourth-order valence-electron chi connectivity index (χ4n) is 7.86. The van der Waals surface area contributed by atoms with Crippen LogP contribution in [0, 0.1) is 5.92 Å². The highest BCUT2D eigenvalue weighted by atomic mass is 16.6. The van der Waals surface area contributed by atoms with Crippen molar-refractivity contribution in [1.82, 2.24) is 20.0 Å². The average molecular weight is 691 g/mol. The normalized spacial score (nSPS) is 20.7. The molecule has 4 amide bonds. The van der Waals surface area contributed by atoms with Gasteiger partial charge in [0, 0.05) is 39.1 Å². The topological polar surface area (TPSA) is 99.3 Å². The predicted molar refractivity (Wildman–Crippen MR) is 197 cm³/mol. The molecule has 0 unspecified atom stereocenters. The van der Waals surface area contributed by atoms with E-state index >= 15 is 0 Å². The zero-order valence-electron chi connectivity index (χ0n) is 30.0. The molecule has 268 valence electrons. The largest absolute Gasteiger partial charge is 0.444 e. The standard InChI is InChI=1S/C42H50N4O5/c1-41(2,3)51-40(50)44-25-13-16-31(30-44)29-43-38(48)35-23-14-27-46(35)39(49)36-24-15-26-45(36)37(47)28-42(32-17-7-4-8-18-32,33-19-9-5-10-20-33)34-21-11-6-12-22-34/h4-12,15,17-22,24,31,35-36H,13-14,16,23,25-30H2,1-3H3,(H,43,48)/t31-,35-,36-/m1/s1. The molecule has 0 aromatic heterocycles. The minimum atomic E-state index is -0.786. The first-order valence-corrected chi connectivity index (χ1v) is 18.3. The van der Waals surface area contributed by atoms with Gasteiger partial charge in [0.05, 0.1) is 5.41 Å². The summed E-state index contributed by atoms with van der Waals surface area (Å²) < 4.78 is 5.56. The number of carbonyl (C=O) groups is 4. The summed E-state index contributed by atoms with van der Waals surface area (Å²) in [6.07, 6.45) is 6.49. The molecule has 3 aliphatic heterocycles. The summed E-state index contributed by atoms with van der Waals surface area (Å²) in [5, 5.41) is 3.09. The van der Waals surface area contributed by atoms with Gasteiger partial charge in [-0.15, -0.1) is 0 Å². The Morgan fingerprint density at radius 1 is 0.765 bits per heavy atom. The van der Waals surface area contributed by atoms with Crippen molar-refractivity contribution in [3.05, 3.63) is 120 Å². The van der Waals surface area contributed by atoms with Crippen molar-refractivity contribution in [2.45, 2.75) is 76.0 Å². The van der Waals surface area contributed by atoms with E-state index in [-0.39, 0.29) is 36.2 Å². The molecule has 0 bridgehead atoms. The van der Waals surface area contributed by atoms with Gasteiger partial charge in [-0.2, -0.15) is 0 Å². The molecule has 3 heterocycles. The fraction of sp³-hybridized carbons (Fsp3) is 0.429. The molecule has 6 rings (SSSR count). The van der Waals surface area contributed by atoms with Crippen LogP contribution in [0.3, 0.4) is 0 Å². The summed E-state index contributed by atoms with van der Waals surface area (Å²) in [5.74, 6) is -0.452. The van der Waals surface area contributed by atoms with Crippen molar-refractivity contribution in [2.75, 3.05) is 32.7 Å². The van der Waals surface area contributed by atoms with E-state index in [0.29, 0.717) is 45.6 Å². The van der Waals surface area contributed by atoms with Crippen molar-refractivity contribution in [1.29, 1.82) is 0 Å². The van der Waals surface area contributed by atoms with Gasteiger partial charge in [0.25, 0.3) is 0 Å². The van der Waals surface area contributed by atoms with Gasteiger partial charge in [-0.05, 0) is 69.1 Å². The molecule has 9 heteroatoms. The highest BCUT2D eigenvalue weighted by Gasteiger charge is 2.44. The number of ether oxygens (including phenoxy) is 1. The third-order valence-corrected chi connectivity index (χ3v) is 10.3. The second kappa shape index (κ2) is 15.5. The molecular weight excluding hydrogens is 640 g/mol. The number of hydrogen-bond donors (Lipinski definition) is 1. The van der Waals surface area contributed by atoms with E-state index in [9.17, 15) is 19.2 Å². The van der Waals surface area contributed by atoms with Crippen LogP contribution in [0.15, 0.2) is 103 Å². The molecule has 51 heavy (non-hydrogen) atoms. The lowest BCUT2D eigenvalue weighted by Gasteiger charge is -2.38. The molecule has 3 aromatic carbocycles. The second-order valence-electron chi connectivity index (χ2n) is 15.0. The van der Waals surface area contributed by atoms with Crippen molar-refractivity contribution < 1.29 is 23.9 Å². The number of benzene rings is 3. The molecule has 3 atom stereocenters. The van der Waals surface area contributed by atoms with Crippen LogP contribution in [0.5, 0.6) is 0 Å². The van der Waals surface area contributed by atoms with Crippen LogP contribution >= 0.6 is 0 Å². The maximum Gasteiger partial charge on any atom is 0.410 e. The first kappa shape index (κ1) is 35.9. The molecule has 9 nitrogen and oxygen atoms in total. The molecule has 0 aliphatic carbocycles. The first-order valence-electron chi connectivity index (χ1n) is 18.3. The number of likely N-dealkylation sites (tertiary alicyclic amines) is 2. The first-order chi connectivity index (χ1) is 24.6. The SMILES string of the molecule is CC(C)(C)OC(=O)N1CCC[C@H](CNC(=O)[C@H]2CCCN2C(=O)[C@H]2C=CCN2C(=O)CC(c2ccccc2)(c2ccccc2)c2ccccc2)C1. The van der Waals surface area contributed by atoms with Crippen molar-refractivity contribution >= 4 is 23.8 Å². The van der Waals surface area contributed by atoms with E-state index < -0.39 is 23.1 Å². The fourth-order valence-corrected chi connectivity index (χ4v) is 7.86. The van der Waals surface area contributed by atoms with E-state index in [1.54, 1.807) is 20.8 Å². The van der Waals surface area contributed by atoms with Gasteiger partial charge in [-0.3, -0.25) is 14.4 Å². The van der Waals surface area contributed by atoms with Crippen LogP contribution in [0.1, 0.15) is 69.6 Å². The van der Waals surface area contributed by atoms with E-state index in [1.807, 2.05) is 81.4 Å². The Balaban J connectivity index is 1.16. The van der Waals surface area contributed by atoms with E-state index in [1.165, 1.54) is 0 Å². The van der Waals surface area contributed by atoms with Gasteiger partial charge in [0.1, 0.15) is 17.7 Å². The van der Waals surface area contributed by atoms with E-state index in [4.69, 9.17) is 4.74 Å². The third kappa shape index (κ3) is 8.03. The number of piperidine rings is 1. The van der Waals surface area contributed by atoms with Crippen LogP contribution in [0.4, 0.5) is 4.79 Å². The molecule has 2 fully saturated rings. The maximum absolute atomic E-state index is 14.6. The van der Waals surface area contributed by atoms with Crippen LogP contribution in [-0.2, 0) is 24.5 Å². The Labute approximate surface area is 301 Å².